The van der Waals surface area contributed by atoms with Crippen LogP contribution >= 0.6 is 12.4 Å². The van der Waals surface area contributed by atoms with Gasteiger partial charge >= 0.3 is 0 Å². The first-order valence-corrected chi connectivity index (χ1v) is 8.85. The first-order valence-electron chi connectivity index (χ1n) is 8.85. The molecule has 6 nitrogen and oxygen atoms in total. The number of piperazine rings is 1. The highest BCUT2D eigenvalue weighted by atomic mass is 35.5. The first kappa shape index (κ1) is 22.6. The smallest absolute Gasteiger partial charge is 0.240 e. The second kappa shape index (κ2) is 10.2. The molecule has 1 saturated heterocycles. The summed E-state index contributed by atoms with van der Waals surface area (Å²) < 4.78 is 31.9. The fourth-order valence-electron chi connectivity index (χ4n) is 3.13. The maximum Gasteiger partial charge on any atom is 0.240 e. The normalized spacial score (nSPS) is 16.2. The number of benzene rings is 2. The lowest BCUT2D eigenvalue weighted by Crippen LogP contribution is -2.55. The third-order valence-corrected chi connectivity index (χ3v) is 4.42. The van der Waals surface area contributed by atoms with Crippen LogP contribution in [0.4, 0.5) is 14.5 Å². The van der Waals surface area contributed by atoms with Crippen LogP contribution in [0.25, 0.3) is 0 Å². The van der Waals surface area contributed by atoms with E-state index >= 15 is 0 Å². The van der Waals surface area contributed by atoms with Gasteiger partial charge < -0.3 is 20.3 Å². The van der Waals surface area contributed by atoms with Gasteiger partial charge in [-0.25, -0.2) is 8.78 Å². The van der Waals surface area contributed by atoms with Gasteiger partial charge in [-0.3, -0.25) is 9.59 Å². The van der Waals surface area contributed by atoms with Crippen molar-refractivity contribution < 1.29 is 23.1 Å². The van der Waals surface area contributed by atoms with Gasteiger partial charge in [0.1, 0.15) is 17.4 Å². The van der Waals surface area contributed by atoms with Gasteiger partial charge in [0.2, 0.25) is 11.8 Å². The summed E-state index contributed by atoms with van der Waals surface area (Å²) in [4.78, 5) is 26.5. The molecule has 0 saturated carbocycles. The number of methoxy groups -OCH3 is 1. The molecule has 156 valence electrons. The molecule has 9 heteroatoms. The van der Waals surface area contributed by atoms with Crippen molar-refractivity contribution >= 4 is 29.9 Å². The van der Waals surface area contributed by atoms with Gasteiger partial charge in [-0.1, -0.05) is 6.07 Å². The molecule has 0 spiro atoms. The summed E-state index contributed by atoms with van der Waals surface area (Å²) in [6.45, 7) is 0.967. The predicted molar refractivity (Wildman–Crippen MR) is 107 cm³/mol. The predicted octanol–water partition coefficient (Wildman–Crippen LogP) is 2.72. The Morgan fingerprint density at radius 2 is 1.97 bits per heavy atom. The van der Waals surface area contributed by atoms with Crippen molar-refractivity contribution in [1.82, 2.24) is 10.2 Å². The van der Waals surface area contributed by atoms with Gasteiger partial charge in [0, 0.05) is 37.5 Å². The largest absolute Gasteiger partial charge is 0.497 e. The van der Waals surface area contributed by atoms with Crippen molar-refractivity contribution in [2.24, 2.45) is 0 Å². The van der Waals surface area contributed by atoms with E-state index in [1.807, 2.05) is 0 Å². The fourth-order valence-corrected chi connectivity index (χ4v) is 3.13. The van der Waals surface area contributed by atoms with Crippen LogP contribution in [0.3, 0.4) is 0 Å². The Hall–Kier alpha value is -2.71. The summed E-state index contributed by atoms with van der Waals surface area (Å²) in [7, 11) is 1.53. The Morgan fingerprint density at radius 3 is 2.66 bits per heavy atom. The average Bonchev–Trinajstić information content (AvgIpc) is 2.64. The van der Waals surface area contributed by atoms with Crippen molar-refractivity contribution in [2.75, 3.05) is 25.5 Å². The summed E-state index contributed by atoms with van der Waals surface area (Å²) in [5.41, 5.74) is 0.937. The van der Waals surface area contributed by atoms with E-state index in [4.69, 9.17) is 4.74 Å². The van der Waals surface area contributed by atoms with E-state index in [9.17, 15) is 18.4 Å². The number of anilines is 1. The standard InChI is InChI=1S/C20H21F2N3O3.ClH/c1-28-17-4-2-3-16(10-17)24-19(26)11-18-20(27)25(6-5-23-18)12-13-7-14(21)9-15(22)8-13;/h2-4,7-10,18,23H,5-6,11-12H2,1H3,(H,24,26);1H. The van der Waals surface area contributed by atoms with Crippen molar-refractivity contribution in [3.63, 3.8) is 0 Å². The fraction of sp³-hybridized carbons (Fsp3) is 0.300. The van der Waals surface area contributed by atoms with E-state index in [-0.39, 0.29) is 37.2 Å². The first-order chi connectivity index (χ1) is 13.4. The Kier molecular flexibility index (Phi) is 7.92. The van der Waals surface area contributed by atoms with E-state index in [1.165, 1.54) is 24.1 Å². The molecule has 0 aliphatic carbocycles. The number of carbonyl (C=O) groups excluding carboxylic acids is 2. The van der Waals surface area contributed by atoms with Gasteiger partial charge in [-0.15, -0.1) is 12.4 Å². The number of ether oxygens (including phenoxy) is 1. The zero-order valence-electron chi connectivity index (χ0n) is 15.8. The molecular formula is C20H22ClF2N3O3. The molecular weight excluding hydrogens is 404 g/mol. The second-order valence-corrected chi connectivity index (χ2v) is 6.53. The molecule has 2 amide bonds. The average molecular weight is 426 g/mol. The number of amides is 2. The van der Waals surface area contributed by atoms with Gasteiger partial charge in [0.15, 0.2) is 0 Å². The van der Waals surface area contributed by atoms with E-state index < -0.39 is 17.7 Å². The number of hydrogen-bond acceptors (Lipinski definition) is 4. The van der Waals surface area contributed by atoms with Crippen LogP contribution in [0, 0.1) is 11.6 Å². The van der Waals surface area contributed by atoms with Gasteiger partial charge in [0.25, 0.3) is 0 Å². The molecule has 1 fully saturated rings. The monoisotopic (exact) mass is 425 g/mol. The van der Waals surface area contributed by atoms with Crippen LogP contribution in [0.5, 0.6) is 5.75 Å². The molecule has 1 aliphatic heterocycles. The minimum absolute atomic E-state index is 0. The number of carbonyl (C=O) groups is 2. The molecule has 3 rings (SSSR count). The van der Waals surface area contributed by atoms with Crippen molar-refractivity contribution in [3.05, 3.63) is 59.7 Å². The topological polar surface area (TPSA) is 70.7 Å². The molecule has 1 unspecified atom stereocenters. The van der Waals surface area contributed by atoms with Crippen LogP contribution in [0.1, 0.15) is 12.0 Å². The lowest BCUT2D eigenvalue weighted by molar-refractivity contribution is -0.138. The van der Waals surface area contributed by atoms with Crippen LogP contribution in [-0.4, -0.2) is 43.0 Å². The molecule has 2 aromatic carbocycles. The minimum Gasteiger partial charge on any atom is -0.497 e. The Bertz CT molecular complexity index is 862. The van der Waals surface area contributed by atoms with E-state index in [0.29, 0.717) is 30.1 Å². The number of nitrogens with one attached hydrogen (secondary N) is 2. The maximum atomic E-state index is 13.4. The summed E-state index contributed by atoms with van der Waals surface area (Å²) in [5.74, 6) is -1.37. The Balaban J connectivity index is 0.00000300. The molecule has 2 N–H and O–H groups in total. The van der Waals surface area contributed by atoms with Gasteiger partial charge in [-0.05, 0) is 29.8 Å². The van der Waals surface area contributed by atoms with Gasteiger partial charge in [-0.2, -0.15) is 0 Å². The SMILES string of the molecule is COc1cccc(NC(=O)CC2NCCN(Cc3cc(F)cc(F)c3)C2=O)c1.Cl. The lowest BCUT2D eigenvalue weighted by Gasteiger charge is -2.33. The summed E-state index contributed by atoms with van der Waals surface area (Å²) in [6, 6.07) is 9.39. The molecule has 0 bridgehead atoms. The third-order valence-electron chi connectivity index (χ3n) is 4.42. The zero-order valence-corrected chi connectivity index (χ0v) is 16.6. The molecule has 1 atom stereocenters. The number of halogens is 3. The molecule has 2 aromatic rings. The number of nitrogens with zero attached hydrogens (tertiary/aromatic N) is 1. The minimum atomic E-state index is -0.697. The summed E-state index contributed by atoms with van der Waals surface area (Å²) >= 11 is 0. The summed E-state index contributed by atoms with van der Waals surface area (Å²) in [6.07, 6.45) is -0.0515. The second-order valence-electron chi connectivity index (χ2n) is 6.53. The zero-order chi connectivity index (χ0) is 20.1. The van der Waals surface area contributed by atoms with Crippen LogP contribution < -0.4 is 15.4 Å². The van der Waals surface area contributed by atoms with Crippen LogP contribution in [-0.2, 0) is 16.1 Å². The molecule has 1 heterocycles. The van der Waals surface area contributed by atoms with Gasteiger partial charge in [0.05, 0.1) is 19.6 Å². The van der Waals surface area contributed by atoms with E-state index in [0.717, 1.165) is 6.07 Å². The van der Waals surface area contributed by atoms with Crippen LogP contribution in [0.15, 0.2) is 42.5 Å². The van der Waals surface area contributed by atoms with E-state index in [1.54, 1.807) is 24.3 Å². The maximum absolute atomic E-state index is 13.4. The Labute approximate surface area is 173 Å². The quantitative estimate of drug-likeness (QED) is 0.746. The molecule has 1 aliphatic rings. The van der Waals surface area contributed by atoms with E-state index in [2.05, 4.69) is 10.6 Å². The van der Waals surface area contributed by atoms with Crippen molar-refractivity contribution in [3.8, 4) is 5.75 Å². The van der Waals surface area contributed by atoms with Crippen molar-refractivity contribution in [2.45, 2.75) is 19.0 Å². The highest BCUT2D eigenvalue weighted by Crippen LogP contribution is 2.18. The summed E-state index contributed by atoms with van der Waals surface area (Å²) in [5, 5.41) is 5.76. The van der Waals surface area contributed by atoms with Crippen LogP contribution in [0.2, 0.25) is 0 Å². The molecule has 0 aromatic heterocycles. The highest BCUT2D eigenvalue weighted by molar-refractivity contribution is 5.95. The highest BCUT2D eigenvalue weighted by Gasteiger charge is 2.30. The Morgan fingerprint density at radius 1 is 1.24 bits per heavy atom. The number of hydrogen-bond donors (Lipinski definition) is 2. The molecule has 29 heavy (non-hydrogen) atoms. The number of rotatable bonds is 6. The lowest BCUT2D eigenvalue weighted by atomic mass is 10.1. The third kappa shape index (κ3) is 6.13. The molecule has 0 radical (unpaired) electrons. The van der Waals surface area contributed by atoms with Crippen molar-refractivity contribution in [1.29, 1.82) is 0 Å².